The number of phenols is 1. The molecule has 1 heterocycles. The number of hydrogen-bond donors (Lipinski definition) is 1. The second-order valence-electron chi connectivity index (χ2n) is 4.04. The molecule has 0 atom stereocenters. The molecule has 18 heavy (non-hydrogen) atoms. The fourth-order valence-electron chi connectivity index (χ4n) is 1.88. The molecule has 2 aromatic carbocycles. The highest BCUT2D eigenvalue weighted by Crippen LogP contribution is 2.23. The molecule has 0 aliphatic rings. The topological polar surface area (TPSA) is 42.6 Å². The molecule has 0 aliphatic carbocycles. The lowest BCUT2D eigenvalue weighted by atomic mass is 10.2. The first kappa shape index (κ1) is 10.7. The Morgan fingerprint density at radius 1 is 1.06 bits per heavy atom. The molecule has 0 aliphatic heterocycles. The van der Waals surface area contributed by atoms with Crippen molar-refractivity contribution < 1.29 is 14.3 Å². The summed E-state index contributed by atoms with van der Waals surface area (Å²) in [6.07, 6.45) is 1.70. The summed E-state index contributed by atoms with van der Waals surface area (Å²) in [6, 6.07) is 14.6. The van der Waals surface area contributed by atoms with Gasteiger partial charge in [0, 0.05) is 17.0 Å². The lowest BCUT2D eigenvalue weighted by Gasteiger charge is -2.04. The summed E-state index contributed by atoms with van der Waals surface area (Å²) < 4.78 is 11.1. The van der Waals surface area contributed by atoms with E-state index in [1.54, 1.807) is 24.5 Å². The van der Waals surface area contributed by atoms with E-state index in [1.807, 2.05) is 30.3 Å². The number of benzene rings is 2. The minimum atomic E-state index is 0.199. The molecule has 0 saturated carbocycles. The van der Waals surface area contributed by atoms with E-state index in [4.69, 9.17) is 9.15 Å². The Kier molecular flexibility index (Phi) is 2.65. The van der Waals surface area contributed by atoms with Crippen LogP contribution in [0.4, 0.5) is 0 Å². The van der Waals surface area contributed by atoms with Crippen molar-refractivity contribution >= 4 is 11.0 Å². The molecule has 0 radical (unpaired) electrons. The highest BCUT2D eigenvalue weighted by Gasteiger charge is 2.05. The van der Waals surface area contributed by atoms with E-state index < -0.39 is 0 Å². The second-order valence-corrected chi connectivity index (χ2v) is 4.04. The van der Waals surface area contributed by atoms with Crippen molar-refractivity contribution in [2.45, 2.75) is 6.61 Å². The zero-order valence-electron chi connectivity index (χ0n) is 9.67. The Morgan fingerprint density at radius 3 is 2.83 bits per heavy atom. The van der Waals surface area contributed by atoms with Crippen molar-refractivity contribution in [3.8, 4) is 11.5 Å². The Morgan fingerprint density at radius 2 is 1.94 bits per heavy atom. The number of fused-ring (bicyclic) bond motifs is 1. The third-order valence-corrected chi connectivity index (χ3v) is 2.77. The van der Waals surface area contributed by atoms with Crippen molar-refractivity contribution in [1.29, 1.82) is 0 Å². The van der Waals surface area contributed by atoms with Crippen LogP contribution >= 0.6 is 0 Å². The molecule has 0 bridgehead atoms. The fraction of sp³-hybridized carbons (Fsp3) is 0.0667. The molecular weight excluding hydrogens is 228 g/mol. The van der Waals surface area contributed by atoms with E-state index in [0.717, 1.165) is 16.5 Å². The van der Waals surface area contributed by atoms with Crippen LogP contribution in [-0.2, 0) is 6.61 Å². The van der Waals surface area contributed by atoms with Crippen LogP contribution in [0, 0.1) is 0 Å². The first-order valence-electron chi connectivity index (χ1n) is 5.70. The minimum absolute atomic E-state index is 0.199. The van der Waals surface area contributed by atoms with E-state index in [9.17, 15) is 5.11 Å². The number of furan rings is 1. The van der Waals surface area contributed by atoms with Crippen LogP contribution in [0.5, 0.6) is 11.5 Å². The van der Waals surface area contributed by atoms with Gasteiger partial charge in [0.1, 0.15) is 23.7 Å². The molecular formula is C15H12O3. The summed E-state index contributed by atoms with van der Waals surface area (Å²) in [7, 11) is 0. The third-order valence-electron chi connectivity index (χ3n) is 2.77. The van der Waals surface area contributed by atoms with Crippen LogP contribution in [0.25, 0.3) is 11.0 Å². The minimum Gasteiger partial charge on any atom is -0.508 e. The van der Waals surface area contributed by atoms with Gasteiger partial charge in [0.2, 0.25) is 0 Å². The van der Waals surface area contributed by atoms with Crippen LogP contribution in [0.2, 0.25) is 0 Å². The van der Waals surface area contributed by atoms with Gasteiger partial charge in [-0.1, -0.05) is 24.3 Å². The normalized spacial score (nSPS) is 10.7. The first-order chi connectivity index (χ1) is 8.83. The first-order valence-corrected chi connectivity index (χ1v) is 5.70. The summed E-state index contributed by atoms with van der Waals surface area (Å²) in [5, 5.41) is 10.4. The molecule has 0 spiro atoms. The lowest BCUT2D eigenvalue weighted by molar-refractivity contribution is 0.304. The molecule has 3 nitrogen and oxygen atoms in total. The maximum atomic E-state index is 9.34. The van der Waals surface area contributed by atoms with Crippen LogP contribution in [0.1, 0.15) is 5.56 Å². The van der Waals surface area contributed by atoms with Crippen molar-refractivity contribution in [3.63, 3.8) is 0 Å². The van der Waals surface area contributed by atoms with Gasteiger partial charge in [0.25, 0.3) is 0 Å². The zero-order chi connectivity index (χ0) is 12.4. The number of para-hydroxylation sites is 1. The summed E-state index contributed by atoms with van der Waals surface area (Å²) in [6.45, 7) is 0.417. The van der Waals surface area contributed by atoms with Gasteiger partial charge in [0.15, 0.2) is 0 Å². The molecule has 90 valence electrons. The number of rotatable bonds is 3. The van der Waals surface area contributed by atoms with E-state index >= 15 is 0 Å². The van der Waals surface area contributed by atoms with Gasteiger partial charge in [0.05, 0.1) is 6.26 Å². The van der Waals surface area contributed by atoms with Gasteiger partial charge in [-0.05, 0) is 18.2 Å². The zero-order valence-corrected chi connectivity index (χ0v) is 9.67. The largest absolute Gasteiger partial charge is 0.508 e. The van der Waals surface area contributed by atoms with Gasteiger partial charge in [-0.15, -0.1) is 0 Å². The van der Waals surface area contributed by atoms with Crippen LogP contribution in [-0.4, -0.2) is 5.11 Å². The standard InChI is InChI=1S/C15H12O3/c16-12-4-3-5-13(8-12)17-9-11-10-18-15-7-2-1-6-14(11)15/h1-8,10,16H,9H2. The maximum Gasteiger partial charge on any atom is 0.134 e. The van der Waals surface area contributed by atoms with Crippen LogP contribution in [0.3, 0.4) is 0 Å². The van der Waals surface area contributed by atoms with Crippen molar-refractivity contribution in [1.82, 2.24) is 0 Å². The second kappa shape index (κ2) is 4.45. The Balaban J connectivity index is 1.81. The summed E-state index contributed by atoms with van der Waals surface area (Å²) in [4.78, 5) is 0. The van der Waals surface area contributed by atoms with E-state index in [-0.39, 0.29) is 5.75 Å². The lowest BCUT2D eigenvalue weighted by Crippen LogP contribution is -1.93. The van der Waals surface area contributed by atoms with Gasteiger partial charge < -0.3 is 14.3 Å². The van der Waals surface area contributed by atoms with Gasteiger partial charge in [-0.2, -0.15) is 0 Å². The smallest absolute Gasteiger partial charge is 0.134 e. The predicted octanol–water partition coefficient (Wildman–Crippen LogP) is 3.72. The number of phenolic OH excluding ortho intramolecular Hbond substituents is 1. The average molecular weight is 240 g/mol. The molecule has 3 rings (SSSR count). The number of aromatic hydroxyl groups is 1. The summed E-state index contributed by atoms with van der Waals surface area (Å²) >= 11 is 0. The van der Waals surface area contributed by atoms with Gasteiger partial charge in [-0.3, -0.25) is 0 Å². The van der Waals surface area contributed by atoms with Crippen molar-refractivity contribution in [2.24, 2.45) is 0 Å². The molecule has 0 fully saturated rings. The molecule has 3 heteroatoms. The van der Waals surface area contributed by atoms with Gasteiger partial charge >= 0.3 is 0 Å². The number of ether oxygens (including phenoxy) is 1. The Hall–Kier alpha value is -2.42. The third kappa shape index (κ3) is 2.02. The van der Waals surface area contributed by atoms with Crippen molar-refractivity contribution in [3.05, 3.63) is 60.4 Å². The average Bonchev–Trinajstić information content (AvgIpc) is 2.80. The van der Waals surface area contributed by atoms with E-state index in [0.29, 0.717) is 12.4 Å². The molecule has 1 aromatic heterocycles. The van der Waals surface area contributed by atoms with E-state index in [2.05, 4.69) is 0 Å². The van der Waals surface area contributed by atoms with Crippen LogP contribution in [0.15, 0.2) is 59.2 Å². The van der Waals surface area contributed by atoms with Gasteiger partial charge in [-0.25, -0.2) is 0 Å². The Labute approximate surface area is 104 Å². The van der Waals surface area contributed by atoms with Crippen LogP contribution < -0.4 is 4.74 Å². The monoisotopic (exact) mass is 240 g/mol. The van der Waals surface area contributed by atoms with E-state index in [1.165, 1.54) is 0 Å². The number of hydrogen-bond acceptors (Lipinski definition) is 3. The summed E-state index contributed by atoms with van der Waals surface area (Å²) in [5.41, 5.74) is 1.85. The fourth-order valence-corrected chi connectivity index (χ4v) is 1.88. The summed E-state index contributed by atoms with van der Waals surface area (Å²) in [5.74, 6) is 0.838. The highest BCUT2D eigenvalue weighted by atomic mass is 16.5. The molecule has 0 unspecified atom stereocenters. The molecule has 3 aromatic rings. The maximum absolute atomic E-state index is 9.34. The highest BCUT2D eigenvalue weighted by molar-refractivity contribution is 5.80. The molecule has 0 amide bonds. The molecule has 0 saturated heterocycles. The SMILES string of the molecule is Oc1cccc(OCc2coc3ccccc23)c1. The Bertz CT molecular complexity index is 670. The molecule has 1 N–H and O–H groups in total. The quantitative estimate of drug-likeness (QED) is 0.758. The predicted molar refractivity (Wildman–Crippen MR) is 68.7 cm³/mol. The van der Waals surface area contributed by atoms with Crippen molar-refractivity contribution in [2.75, 3.05) is 0 Å².